The third-order valence-electron chi connectivity index (χ3n) is 2.72. The van der Waals surface area contributed by atoms with E-state index in [2.05, 4.69) is 0 Å². The summed E-state index contributed by atoms with van der Waals surface area (Å²) < 4.78 is 24.0. The minimum atomic E-state index is -3.07. The predicted octanol–water partition coefficient (Wildman–Crippen LogP) is 1.38. The lowest BCUT2D eigenvalue weighted by atomic mass is 10.2. The molecule has 0 radical (unpaired) electrons. The predicted molar refractivity (Wildman–Crippen MR) is 68.6 cm³/mol. The molecular weight excluding hydrogens is 254 g/mol. The quantitative estimate of drug-likeness (QED) is 0.908. The Kier molecular flexibility index (Phi) is 3.13. The van der Waals surface area contributed by atoms with Crippen molar-refractivity contribution in [3.05, 3.63) is 36.0 Å². The van der Waals surface area contributed by atoms with Crippen LogP contribution < -0.4 is 0 Å². The smallest absolute Gasteiger partial charge is 0.337 e. The minimum Gasteiger partial charge on any atom is -0.478 e. The van der Waals surface area contributed by atoms with E-state index >= 15 is 0 Å². The highest BCUT2D eigenvalue weighted by atomic mass is 32.2. The molecule has 0 aliphatic carbocycles. The van der Waals surface area contributed by atoms with Gasteiger partial charge in [0.15, 0.2) is 0 Å². The zero-order valence-corrected chi connectivity index (χ0v) is 10.6. The monoisotopic (exact) mass is 267 g/mol. The fourth-order valence-electron chi connectivity index (χ4n) is 1.87. The number of fused-ring (bicyclic) bond motifs is 1. The number of nitrogens with zero attached hydrogens (tertiary/aromatic N) is 1. The number of sulfone groups is 1. The van der Waals surface area contributed by atoms with Gasteiger partial charge in [0.1, 0.15) is 9.84 Å². The van der Waals surface area contributed by atoms with Gasteiger partial charge in [0.2, 0.25) is 0 Å². The van der Waals surface area contributed by atoms with E-state index < -0.39 is 15.8 Å². The van der Waals surface area contributed by atoms with Gasteiger partial charge in [-0.2, -0.15) is 0 Å². The number of rotatable bonds is 4. The number of para-hydroxylation sites is 1. The van der Waals surface area contributed by atoms with Crippen molar-refractivity contribution in [2.75, 3.05) is 12.0 Å². The number of aromatic nitrogens is 1. The highest BCUT2D eigenvalue weighted by Gasteiger charge is 2.14. The number of hydrogen-bond donors (Lipinski definition) is 1. The van der Waals surface area contributed by atoms with Crippen LogP contribution in [0.2, 0.25) is 0 Å². The van der Waals surface area contributed by atoms with E-state index in [1.54, 1.807) is 28.8 Å². The molecule has 0 spiro atoms. The lowest BCUT2D eigenvalue weighted by Gasteiger charge is -2.03. The van der Waals surface area contributed by atoms with E-state index in [0.717, 1.165) is 11.8 Å². The molecule has 1 aromatic heterocycles. The van der Waals surface area contributed by atoms with Crippen LogP contribution >= 0.6 is 0 Å². The summed E-state index contributed by atoms with van der Waals surface area (Å²) in [6.45, 7) is 0.257. The lowest BCUT2D eigenvalue weighted by Crippen LogP contribution is -2.10. The maximum absolute atomic E-state index is 11.2. The first-order chi connectivity index (χ1) is 8.38. The van der Waals surface area contributed by atoms with Crippen molar-refractivity contribution in [1.29, 1.82) is 0 Å². The fourth-order valence-corrected chi connectivity index (χ4v) is 2.39. The molecule has 1 heterocycles. The van der Waals surface area contributed by atoms with Gasteiger partial charge in [-0.3, -0.25) is 0 Å². The highest BCUT2D eigenvalue weighted by Crippen LogP contribution is 2.21. The Morgan fingerprint density at radius 3 is 2.61 bits per heavy atom. The molecule has 0 saturated heterocycles. The number of hydrogen-bond acceptors (Lipinski definition) is 3. The second kappa shape index (κ2) is 4.45. The van der Waals surface area contributed by atoms with Crippen molar-refractivity contribution < 1.29 is 18.3 Å². The van der Waals surface area contributed by atoms with Crippen molar-refractivity contribution in [3.63, 3.8) is 0 Å². The highest BCUT2D eigenvalue weighted by molar-refractivity contribution is 7.90. The number of carboxylic acids is 1. The summed E-state index contributed by atoms with van der Waals surface area (Å²) in [6, 6.07) is 7.06. The molecule has 5 nitrogen and oxygen atoms in total. The van der Waals surface area contributed by atoms with Crippen LogP contribution in [0.1, 0.15) is 10.4 Å². The summed E-state index contributed by atoms with van der Waals surface area (Å²) >= 11 is 0. The SMILES string of the molecule is CS(=O)(=O)CCn1cc(C(=O)O)c2ccccc21. The summed E-state index contributed by atoms with van der Waals surface area (Å²) in [5, 5.41) is 9.72. The van der Waals surface area contributed by atoms with E-state index in [1.807, 2.05) is 0 Å². The van der Waals surface area contributed by atoms with Crippen molar-refractivity contribution in [3.8, 4) is 0 Å². The maximum atomic E-state index is 11.2. The van der Waals surface area contributed by atoms with E-state index in [4.69, 9.17) is 5.11 Å². The first-order valence-electron chi connectivity index (χ1n) is 5.37. The van der Waals surface area contributed by atoms with Crippen LogP contribution in [-0.2, 0) is 16.4 Å². The van der Waals surface area contributed by atoms with Gasteiger partial charge in [0, 0.05) is 29.9 Å². The Balaban J connectivity index is 2.48. The van der Waals surface area contributed by atoms with Crippen molar-refractivity contribution in [2.24, 2.45) is 0 Å². The van der Waals surface area contributed by atoms with Crippen LogP contribution in [-0.4, -0.2) is 36.1 Å². The summed E-state index contributed by atoms with van der Waals surface area (Å²) in [5.74, 6) is -1.02. The Morgan fingerprint density at radius 1 is 1.33 bits per heavy atom. The molecule has 2 rings (SSSR count). The van der Waals surface area contributed by atoms with Crippen LogP contribution in [0.25, 0.3) is 10.9 Å². The Bertz CT molecular complexity index is 700. The van der Waals surface area contributed by atoms with Gasteiger partial charge < -0.3 is 9.67 Å². The fraction of sp³-hybridized carbons (Fsp3) is 0.250. The van der Waals surface area contributed by atoms with Crippen LogP contribution in [0.4, 0.5) is 0 Å². The molecule has 0 aliphatic rings. The normalized spacial score (nSPS) is 11.8. The molecule has 0 fully saturated rings. The summed E-state index contributed by atoms with van der Waals surface area (Å²) in [7, 11) is -3.07. The average molecular weight is 267 g/mol. The zero-order chi connectivity index (χ0) is 13.3. The first kappa shape index (κ1) is 12.6. The molecule has 0 bridgehead atoms. The van der Waals surface area contributed by atoms with E-state index in [9.17, 15) is 13.2 Å². The lowest BCUT2D eigenvalue weighted by molar-refractivity contribution is 0.0699. The van der Waals surface area contributed by atoms with Gasteiger partial charge in [-0.15, -0.1) is 0 Å². The maximum Gasteiger partial charge on any atom is 0.337 e. The van der Waals surface area contributed by atoms with Gasteiger partial charge in [-0.05, 0) is 6.07 Å². The topological polar surface area (TPSA) is 76.4 Å². The largest absolute Gasteiger partial charge is 0.478 e. The van der Waals surface area contributed by atoms with Crippen LogP contribution in [0.15, 0.2) is 30.5 Å². The summed E-state index contributed by atoms with van der Waals surface area (Å²) in [5.41, 5.74) is 0.928. The summed E-state index contributed by atoms with van der Waals surface area (Å²) in [4.78, 5) is 11.1. The van der Waals surface area contributed by atoms with Crippen molar-refractivity contribution >= 4 is 26.7 Å². The molecule has 0 aliphatic heterocycles. The second-order valence-corrected chi connectivity index (χ2v) is 6.45. The Morgan fingerprint density at radius 2 is 2.00 bits per heavy atom. The van der Waals surface area contributed by atoms with Crippen LogP contribution in [0.5, 0.6) is 0 Å². The minimum absolute atomic E-state index is 0.00919. The zero-order valence-electron chi connectivity index (χ0n) is 9.83. The molecule has 0 saturated carbocycles. The standard InChI is InChI=1S/C12H13NO4S/c1-18(16,17)7-6-13-8-10(12(14)15)9-4-2-3-5-11(9)13/h2-5,8H,6-7H2,1H3,(H,14,15). The third kappa shape index (κ3) is 2.53. The molecule has 0 amide bonds. The molecule has 1 aromatic carbocycles. The van der Waals surface area contributed by atoms with E-state index in [1.165, 1.54) is 6.20 Å². The van der Waals surface area contributed by atoms with Gasteiger partial charge >= 0.3 is 5.97 Å². The van der Waals surface area contributed by atoms with E-state index in [-0.39, 0.29) is 17.9 Å². The van der Waals surface area contributed by atoms with E-state index in [0.29, 0.717) is 5.39 Å². The number of carboxylic acid groups (broad SMARTS) is 1. The molecule has 0 unspecified atom stereocenters. The van der Waals surface area contributed by atoms with Crippen molar-refractivity contribution in [2.45, 2.75) is 6.54 Å². The molecular formula is C12H13NO4S. The van der Waals surface area contributed by atoms with Crippen LogP contribution in [0.3, 0.4) is 0 Å². The number of benzene rings is 1. The molecule has 18 heavy (non-hydrogen) atoms. The number of aromatic carboxylic acids is 1. The van der Waals surface area contributed by atoms with Crippen molar-refractivity contribution in [1.82, 2.24) is 4.57 Å². The average Bonchev–Trinajstić information content (AvgIpc) is 2.64. The number of carbonyl (C=O) groups is 1. The van der Waals surface area contributed by atoms with Gasteiger partial charge in [-0.25, -0.2) is 13.2 Å². The van der Waals surface area contributed by atoms with Gasteiger partial charge in [0.25, 0.3) is 0 Å². The number of aryl methyl sites for hydroxylation is 1. The molecule has 2 aromatic rings. The molecule has 1 N–H and O–H groups in total. The summed E-state index contributed by atoms with van der Waals surface area (Å²) in [6.07, 6.45) is 2.65. The molecule has 96 valence electrons. The molecule has 6 heteroatoms. The second-order valence-electron chi connectivity index (χ2n) is 4.19. The molecule has 0 atom stereocenters. The third-order valence-corrected chi connectivity index (χ3v) is 3.65. The van der Waals surface area contributed by atoms with Gasteiger partial charge in [-0.1, -0.05) is 18.2 Å². The van der Waals surface area contributed by atoms with Crippen LogP contribution in [0, 0.1) is 0 Å². The Hall–Kier alpha value is -1.82. The van der Waals surface area contributed by atoms with Gasteiger partial charge in [0.05, 0.1) is 11.3 Å². The first-order valence-corrected chi connectivity index (χ1v) is 7.43. The Labute approximate surface area is 105 Å².